The van der Waals surface area contributed by atoms with Crippen LogP contribution in [0.2, 0.25) is 0 Å². The zero-order valence-corrected chi connectivity index (χ0v) is 11.2. The average molecular weight is 261 g/mol. The number of nitrogens with zero attached hydrogens (tertiary/aromatic N) is 1. The highest BCUT2D eigenvalue weighted by molar-refractivity contribution is 5.76. The number of carbonyl (C=O) groups is 2. The molecule has 0 aromatic carbocycles. The van der Waals surface area contributed by atoms with Crippen LogP contribution in [0.15, 0.2) is 0 Å². The molecule has 0 aromatic rings. The highest BCUT2D eigenvalue weighted by atomic mass is 19.1. The monoisotopic (exact) mass is 261 g/mol. The van der Waals surface area contributed by atoms with Crippen molar-refractivity contribution in [2.45, 2.75) is 39.5 Å². The van der Waals surface area contributed by atoms with Crippen LogP contribution in [0.1, 0.15) is 27.7 Å². The van der Waals surface area contributed by atoms with E-state index in [4.69, 9.17) is 4.74 Å². The minimum atomic E-state index is -1.66. The van der Waals surface area contributed by atoms with Crippen LogP contribution in [0.3, 0.4) is 0 Å². The van der Waals surface area contributed by atoms with E-state index < -0.39 is 29.8 Å². The standard InChI is InChI=1S/C12H20FNO4/c1-5-17-10(15)9(13)8-6-14(7-8)11(16)18-12(2,3)4/h8-9H,5-7H2,1-4H3. The number of carbonyl (C=O) groups excluding carboxylic acids is 2. The number of likely N-dealkylation sites (tertiary alicyclic amines) is 1. The summed E-state index contributed by atoms with van der Waals surface area (Å²) in [6.45, 7) is 7.44. The minimum absolute atomic E-state index is 0.155. The molecule has 18 heavy (non-hydrogen) atoms. The second-order valence-electron chi connectivity index (χ2n) is 5.30. The first kappa shape index (κ1) is 14.7. The molecule has 1 heterocycles. The predicted octanol–water partition coefficient (Wildman–Crippen LogP) is 1.75. The van der Waals surface area contributed by atoms with Crippen LogP contribution < -0.4 is 0 Å². The zero-order chi connectivity index (χ0) is 13.9. The number of rotatable bonds is 3. The lowest BCUT2D eigenvalue weighted by atomic mass is 9.95. The summed E-state index contributed by atoms with van der Waals surface area (Å²) in [4.78, 5) is 24.1. The molecular formula is C12H20FNO4. The lowest BCUT2D eigenvalue weighted by Gasteiger charge is -2.40. The normalized spacial score (nSPS) is 17.9. The fourth-order valence-corrected chi connectivity index (χ4v) is 1.59. The van der Waals surface area contributed by atoms with Gasteiger partial charge in [0.15, 0.2) is 0 Å². The fourth-order valence-electron chi connectivity index (χ4n) is 1.59. The SMILES string of the molecule is CCOC(=O)C(F)C1CN(C(=O)OC(C)(C)C)C1. The van der Waals surface area contributed by atoms with Gasteiger partial charge in [-0.2, -0.15) is 0 Å². The number of alkyl halides is 1. The molecule has 5 nitrogen and oxygen atoms in total. The third-order valence-electron chi connectivity index (χ3n) is 2.49. The first-order valence-electron chi connectivity index (χ1n) is 6.03. The second-order valence-corrected chi connectivity index (χ2v) is 5.30. The Labute approximate surface area is 106 Å². The number of ether oxygens (including phenoxy) is 2. The zero-order valence-electron chi connectivity index (χ0n) is 11.2. The van der Waals surface area contributed by atoms with Crippen LogP contribution >= 0.6 is 0 Å². The van der Waals surface area contributed by atoms with Crippen LogP contribution in [-0.4, -0.2) is 48.4 Å². The molecular weight excluding hydrogens is 241 g/mol. The van der Waals surface area contributed by atoms with Crippen LogP contribution in [0, 0.1) is 5.92 Å². The molecule has 1 fully saturated rings. The van der Waals surface area contributed by atoms with Gasteiger partial charge in [-0.3, -0.25) is 0 Å². The van der Waals surface area contributed by atoms with E-state index >= 15 is 0 Å². The third-order valence-corrected chi connectivity index (χ3v) is 2.49. The summed E-state index contributed by atoms with van der Waals surface area (Å²) in [6.07, 6.45) is -2.14. The molecule has 0 aromatic heterocycles. The van der Waals surface area contributed by atoms with Crippen molar-refractivity contribution >= 4 is 12.1 Å². The topological polar surface area (TPSA) is 55.8 Å². The number of halogens is 1. The lowest BCUT2D eigenvalue weighted by molar-refractivity contribution is -0.154. The van der Waals surface area contributed by atoms with Crippen LogP contribution in [-0.2, 0) is 14.3 Å². The summed E-state index contributed by atoms with van der Waals surface area (Å²) in [6, 6.07) is 0. The molecule has 0 saturated carbocycles. The Kier molecular flexibility index (Phi) is 4.53. The van der Waals surface area contributed by atoms with E-state index in [2.05, 4.69) is 4.74 Å². The van der Waals surface area contributed by atoms with Gasteiger partial charge < -0.3 is 14.4 Å². The maximum Gasteiger partial charge on any atom is 0.410 e. The first-order chi connectivity index (χ1) is 8.24. The van der Waals surface area contributed by atoms with E-state index in [1.165, 1.54) is 4.90 Å². The minimum Gasteiger partial charge on any atom is -0.464 e. The van der Waals surface area contributed by atoms with Crippen molar-refractivity contribution < 1.29 is 23.5 Å². The summed E-state index contributed by atoms with van der Waals surface area (Å²) < 4.78 is 23.3. The quantitative estimate of drug-likeness (QED) is 0.726. The summed E-state index contributed by atoms with van der Waals surface area (Å²) in [5, 5.41) is 0. The van der Waals surface area contributed by atoms with Gasteiger partial charge in [0.1, 0.15) is 5.60 Å². The van der Waals surface area contributed by atoms with Crippen molar-refractivity contribution in [2.24, 2.45) is 5.92 Å². The van der Waals surface area contributed by atoms with E-state index in [9.17, 15) is 14.0 Å². The highest BCUT2D eigenvalue weighted by Crippen LogP contribution is 2.24. The van der Waals surface area contributed by atoms with Crippen molar-refractivity contribution in [2.75, 3.05) is 19.7 Å². The average Bonchev–Trinajstić information content (AvgIpc) is 2.12. The summed E-state index contributed by atoms with van der Waals surface area (Å²) >= 11 is 0. The second kappa shape index (κ2) is 5.54. The molecule has 1 aliphatic heterocycles. The highest BCUT2D eigenvalue weighted by Gasteiger charge is 2.42. The number of esters is 1. The van der Waals surface area contributed by atoms with Crippen molar-refractivity contribution in [1.82, 2.24) is 4.90 Å². The van der Waals surface area contributed by atoms with E-state index in [1.54, 1.807) is 27.7 Å². The van der Waals surface area contributed by atoms with E-state index in [0.29, 0.717) is 0 Å². The number of hydrogen-bond donors (Lipinski definition) is 0. The maximum absolute atomic E-state index is 13.5. The van der Waals surface area contributed by atoms with Gasteiger partial charge >= 0.3 is 12.1 Å². The molecule has 1 saturated heterocycles. The van der Waals surface area contributed by atoms with Gasteiger partial charge in [0.25, 0.3) is 0 Å². The van der Waals surface area contributed by atoms with Gasteiger partial charge in [-0.05, 0) is 27.7 Å². The Hall–Kier alpha value is -1.33. The van der Waals surface area contributed by atoms with Gasteiger partial charge in [0, 0.05) is 19.0 Å². The molecule has 1 aliphatic rings. The van der Waals surface area contributed by atoms with Crippen LogP contribution in [0.4, 0.5) is 9.18 Å². The van der Waals surface area contributed by atoms with Gasteiger partial charge in [0.05, 0.1) is 6.61 Å². The lowest BCUT2D eigenvalue weighted by Crippen LogP contribution is -2.56. The van der Waals surface area contributed by atoms with Crippen molar-refractivity contribution in [3.05, 3.63) is 0 Å². The smallest absolute Gasteiger partial charge is 0.410 e. The van der Waals surface area contributed by atoms with E-state index in [1.807, 2.05) is 0 Å². The van der Waals surface area contributed by atoms with Gasteiger partial charge in [-0.15, -0.1) is 0 Å². The summed E-state index contributed by atoms with van der Waals surface area (Å²) in [7, 11) is 0. The van der Waals surface area contributed by atoms with Gasteiger partial charge in [0.2, 0.25) is 6.17 Å². The Bertz CT molecular complexity index is 321. The maximum atomic E-state index is 13.5. The number of hydrogen-bond acceptors (Lipinski definition) is 4. The van der Waals surface area contributed by atoms with Crippen molar-refractivity contribution in [3.8, 4) is 0 Å². The van der Waals surface area contributed by atoms with Crippen molar-refractivity contribution in [1.29, 1.82) is 0 Å². The molecule has 0 bridgehead atoms. The molecule has 0 aliphatic carbocycles. The Morgan fingerprint density at radius 2 is 1.94 bits per heavy atom. The molecule has 6 heteroatoms. The Balaban J connectivity index is 2.35. The molecule has 1 unspecified atom stereocenters. The molecule has 1 rings (SSSR count). The molecule has 1 amide bonds. The predicted molar refractivity (Wildman–Crippen MR) is 62.8 cm³/mol. The van der Waals surface area contributed by atoms with E-state index in [-0.39, 0.29) is 19.7 Å². The number of amides is 1. The van der Waals surface area contributed by atoms with Gasteiger partial charge in [-0.25, -0.2) is 14.0 Å². The van der Waals surface area contributed by atoms with Gasteiger partial charge in [-0.1, -0.05) is 0 Å². The third kappa shape index (κ3) is 3.85. The molecule has 0 radical (unpaired) electrons. The summed E-state index contributed by atoms with van der Waals surface area (Å²) in [5.74, 6) is -1.34. The largest absolute Gasteiger partial charge is 0.464 e. The summed E-state index contributed by atoms with van der Waals surface area (Å²) in [5.41, 5.74) is -0.571. The molecule has 0 spiro atoms. The Morgan fingerprint density at radius 1 is 1.39 bits per heavy atom. The molecule has 1 atom stereocenters. The first-order valence-corrected chi connectivity index (χ1v) is 6.03. The van der Waals surface area contributed by atoms with Crippen LogP contribution in [0.25, 0.3) is 0 Å². The molecule has 0 N–H and O–H groups in total. The van der Waals surface area contributed by atoms with Crippen LogP contribution in [0.5, 0.6) is 0 Å². The Morgan fingerprint density at radius 3 is 2.39 bits per heavy atom. The fraction of sp³-hybridized carbons (Fsp3) is 0.833. The molecule has 104 valence electrons. The van der Waals surface area contributed by atoms with Crippen molar-refractivity contribution in [3.63, 3.8) is 0 Å². The van der Waals surface area contributed by atoms with E-state index in [0.717, 1.165) is 0 Å².